The van der Waals surface area contributed by atoms with Gasteiger partial charge in [0.15, 0.2) is 11.5 Å². The van der Waals surface area contributed by atoms with Crippen molar-refractivity contribution in [3.05, 3.63) is 111 Å². The number of aromatic hydroxyl groups is 2. The number of carboxylic acids is 1. The van der Waals surface area contributed by atoms with E-state index in [1.807, 2.05) is 27.7 Å². The maximum atomic E-state index is 11.1. The van der Waals surface area contributed by atoms with E-state index in [0.717, 1.165) is 17.0 Å². The van der Waals surface area contributed by atoms with E-state index in [2.05, 4.69) is 134 Å². The van der Waals surface area contributed by atoms with Crippen molar-refractivity contribution in [3.8, 4) is 11.5 Å². The van der Waals surface area contributed by atoms with Crippen LogP contribution >= 0.6 is 0 Å². The zero-order valence-electron chi connectivity index (χ0n) is 34.9. The fourth-order valence-corrected chi connectivity index (χ4v) is 6.97. The van der Waals surface area contributed by atoms with E-state index in [-0.39, 0.29) is 46.3 Å². The van der Waals surface area contributed by atoms with Crippen LogP contribution in [0, 0.1) is 0 Å². The second kappa shape index (κ2) is 20.1. The first kappa shape index (κ1) is 46.1. The molecular weight excluding hydrogens is 717 g/mol. The number of para-hydroxylation sites is 2. The number of benzene rings is 3. The van der Waals surface area contributed by atoms with Crippen LogP contribution in [0.4, 0.5) is 11.4 Å². The van der Waals surface area contributed by atoms with Crippen molar-refractivity contribution in [1.82, 2.24) is 4.98 Å². The number of carbonyl (C=O) groups is 1. The molecule has 0 aliphatic heterocycles. The van der Waals surface area contributed by atoms with Crippen LogP contribution in [0.2, 0.25) is 0 Å². The first-order valence-electron chi connectivity index (χ1n) is 19.3. The van der Waals surface area contributed by atoms with Crippen molar-refractivity contribution < 1.29 is 36.9 Å². The Bertz CT molecular complexity index is 1710. The largest absolute Gasteiger partial charge is 1.00 e. The zero-order chi connectivity index (χ0) is 39.9. The molecule has 0 spiro atoms. The number of hydrogen-bond acceptors (Lipinski definition) is 7. The third-order valence-electron chi connectivity index (χ3n) is 9.90. The van der Waals surface area contributed by atoms with E-state index in [9.17, 15) is 20.1 Å². The van der Waals surface area contributed by atoms with Crippen LogP contribution in [0.3, 0.4) is 0 Å². The molecular formula is C46H64CoN3O4. The van der Waals surface area contributed by atoms with Crippen molar-refractivity contribution in [2.24, 2.45) is 0 Å². The molecule has 0 amide bonds. The van der Waals surface area contributed by atoms with Crippen LogP contribution in [0.25, 0.3) is 0 Å². The van der Waals surface area contributed by atoms with Gasteiger partial charge in [-0.15, -0.1) is 0 Å². The maximum Gasteiger partial charge on any atom is 1.00 e. The van der Waals surface area contributed by atoms with E-state index in [4.69, 9.17) is 4.98 Å². The minimum Gasteiger partial charge on any atom is -0.545 e. The Morgan fingerprint density at radius 1 is 0.556 bits per heavy atom. The maximum absolute atomic E-state index is 11.1. The summed E-state index contributed by atoms with van der Waals surface area (Å²) in [6, 6.07) is 21.4. The van der Waals surface area contributed by atoms with Gasteiger partial charge in [0.05, 0.1) is 29.4 Å². The molecule has 0 fully saturated rings. The van der Waals surface area contributed by atoms with Gasteiger partial charge in [-0.05, 0) is 101 Å². The first-order chi connectivity index (χ1) is 24.8. The summed E-state index contributed by atoms with van der Waals surface area (Å²) in [5.74, 6) is -0.699. The van der Waals surface area contributed by atoms with Crippen LogP contribution in [-0.2, 0) is 16.8 Å². The summed E-state index contributed by atoms with van der Waals surface area (Å²) in [7, 11) is 0. The number of pyridine rings is 1. The predicted octanol–water partition coefficient (Wildman–Crippen LogP) is 11.6. The summed E-state index contributed by atoms with van der Waals surface area (Å²) >= 11 is 0. The minimum absolute atomic E-state index is 0. The van der Waals surface area contributed by atoms with Gasteiger partial charge >= 0.3 is 16.8 Å². The van der Waals surface area contributed by atoms with Crippen LogP contribution in [0.1, 0.15) is 200 Å². The smallest absolute Gasteiger partial charge is 0.545 e. The van der Waals surface area contributed by atoms with Crippen molar-refractivity contribution in [1.29, 1.82) is 0 Å². The van der Waals surface area contributed by atoms with Gasteiger partial charge in [0.1, 0.15) is 0 Å². The summed E-state index contributed by atoms with van der Waals surface area (Å²) in [6.07, 6.45) is 0. The standard InChI is InChI=1S/C33H47N3.C13H18O4.Co/c1-20(2)26-14-11-15-27(21(3)4)32(26)34-24(9)30-18-13-19-31(36-30)25(10)35-33-28(22(5)6)16-12-17-29(33)23(7)8;1-6(2)8-5-9(14)12(15)11(13(16)17)10(8)7(3)4;/h11-25,34-35H,1-10H3;5-7,14-15H,1-4H3,(H,16,17);/q;;+1/p-1. The number of phenols is 2. The average Bonchev–Trinajstić information content (AvgIpc) is 3.08. The van der Waals surface area contributed by atoms with Gasteiger partial charge in [-0.2, -0.15) is 0 Å². The minimum atomic E-state index is -1.47. The van der Waals surface area contributed by atoms with Gasteiger partial charge in [0, 0.05) is 16.9 Å². The second-order valence-corrected chi connectivity index (χ2v) is 16.2. The summed E-state index contributed by atoms with van der Waals surface area (Å²) in [6.45, 7) is 30.0. The van der Waals surface area contributed by atoms with Gasteiger partial charge in [-0.25, -0.2) is 0 Å². The Morgan fingerprint density at radius 2 is 0.889 bits per heavy atom. The molecule has 0 bridgehead atoms. The average molecular weight is 782 g/mol. The second-order valence-electron chi connectivity index (χ2n) is 16.2. The van der Waals surface area contributed by atoms with Crippen LogP contribution < -0.4 is 15.7 Å². The van der Waals surface area contributed by atoms with E-state index >= 15 is 0 Å². The van der Waals surface area contributed by atoms with Crippen molar-refractivity contribution in [3.63, 3.8) is 0 Å². The number of nitrogens with zero attached hydrogens (tertiary/aromatic N) is 1. The molecule has 2 atom stereocenters. The molecule has 7 nitrogen and oxygen atoms in total. The monoisotopic (exact) mass is 781 g/mol. The van der Waals surface area contributed by atoms with Crippen LogP contribution in [0.5, 0.6) is 11.5 Å². The number of aromatic carboxylic acids is 1. The molecule has 0 aliphatic rings. The Kier molecular flexibility index (Phi) is 17.1. The first-order valence-corrected chi connectivity index (χ1v) is 19.3. The molecule has 4 rings (SSSR count). The third-order valence-corrected chi connectivity index (χ3v) is 9.90. The van der Waals surface area contributed by atoms with Crippen LogP contribution in [-0.4, -0.2) is 21.2 Å². The number of aromatic nitrogens is 1. The Balaban J connectivity index is 0.000000471. The van der Waals surface area contributed by atoms with Gasteiger partial charge in [0.2, 0.25) is 0 Å². The Hall–Kier alpha value is -4.01. The number of rotatable bonds is 13. The number of carboxylic acid groups (broad SMARTS) is 1. The van der Waals surface area contributed by atoms with E-state index in [0.29, 0.717) is 29.2 Å². The van der Waals surface area contributed by atoms with Crippen LogP contribution in [0.15, 0.2) is 60.7 Å². The van der Waals surface area contributed by atoms with Crippen molar-refractivity contribution in [2.75, 3.05) is 10.6 Å². The molecule has 4 aromatic rings. The van der Waals surface area contributed by atoms with Gasteiger partial charge in [0.25, 0.3) is 0 Å². The number of nitrogens with one attached hydrogen (secondary N) is 2. The molecule has 1 heterocycles. The molecule has 296 valence electrons. The predicted molar refractivity (Wildman–Crippen MR) is 220 cm³/mol. The summed E-state index contributed by atoms with van der Waals surface area (Å²) < 4.78 is 0. The molecule has 54 heavy (non-hydrogen) atoms. The Morgan fingerprint density at radius 3 is 1.19 bits per heavy atom. The molecule has 0 saturated heterocycles. The van der Waals surface area contributed by atoms with Crippen molar-refractivity contribution in [2.45, 2.75) is 145 Å². The number of anilines is 2. The Labute approximate surface area is 335 Å². The van der Waals surface area contributed by atoms with Gasteiger partial charge in [-0.3, -0.25) is 4.98 Å². The van der Waals surface area contributed by atoms with Gasteiger partial charge < -0.3 is 30.7 Å². The fraction of sp³-hybridized carbons (Fsp3) is 0.478. The van der Waals surface area contributed by atoms with E-state index in [1.165, 1.54) is 39.7 Å². The van der Waals surface area contributed by atoms with E-state index < -0.39 is 17.5 Å². The number of phenolic OH excluding ortho intramolecular Hbond substituents is 1. The molecule has 4 N–H and O–H groups in total. The molecule has 0 aliphatic carbocycles. The zero-order valence-corrected chi connectivity index (χ0v) is 35.9. The summed E-state index contributed by atoms with van der Waals surface area (Å²) in [5, 5.41) is 37.9. The number of hydrogen-bond donors (Lipinski definition) is 4. The van der Waals surface area contributed by atoms with Gasteiger partial charge in [-0.1, -0.05) is 126 Å². The van der Waals surface area contributed by atoms with Crippen molar-refractivity contribution >= 4 is 17.3 Å². The summed E-state index contributed by atoms with van der Waals surface area (Å²) in [5.41, 5.74) is 11.1. The SMILES string of the molecule is CC(C)c1cc(O)c(O)c(C(=O)[O-])c1C(C)C.CC(C)c1cccc(C(C)C)c1NC(C)c1cccc(C(C)Nc2c(C(C)C)cccc2C(C)C)n1.[Co+]. The number of carbonyl (C=O) groups excluding carboxylic acids is 1. The normalized spacial score (nSPS) is 12.5. The fourth-order valence-electron chi connectivity index (χ4n) is 6.97. The molecule has 1 aromatic heterocycles. The molecule has 0 radical (unpaired) electrons. The molecule has 8 heteroatoms. The topological polar surface area (TPSA) is 118 Å². The molecule has 2 unspecified atom stereocenters. The van der Waals surface area contributed by atoms with E-state index in [1.54, 1.807) is 0 Å². The summed E-state index contributed by atoms with van der Waals surface area (Å²) in [4.78, 5) is 16.2. The quantitative estimate of drug-likeness (QED) is 0.0998. The molecule has 0 saturated carbocycles. The third kappa shape index (κ3) is 11.0. The molecule has 3 aromatic carbocycles.